The molecule has 0 radical (unpaired) electrons. The van der Waals surface area contributed by atoms with Crippen LogP contribution in [0.5, 0.6) is 17.2 Å². The molecule has 10 heteroatoms. The van der Waals surface area contributed by atoms with Gasteiger partial charge in [0.25, 0.3) is 5.91 Å². The van der Waals surface area contributed by atoms with Crippen molar-refractivity contribution in [2.45, 2.75) is 25.0 Å². The second-order valence-corrected chi connectivity index (χ2v) is 8.54. The fraction of sp³-hybridized carbons (Fsp3) is 0.292. The lowest BCUT2D eigenvalue weighted by Crippen LogP contribution is -2.30. The number of epoxide rings is 1. The van der Waals surface area contributed by atoms with E-state index in [-0.39, 0.29) is 24.1 Å². The van der Waals surface area contributed by atoms with Crippen LogP contribution in [0, 0.1) is 0 Å². The molecule has 34 heavy (non-hydrogen) atoms. The Hall–Kier alpha value is -3.56. The molecule has 2 aromatic carbocycles. The first-order valence-electron chi connectivity index (χ1n) is 10.9. The lowest BCUT2D eigenvalue weighted by Gasteiger charge is -2.14. The molecule has 3 amide bonds. The first-order valence-corrected chi connectivity index (χ1v) is 11.3. The molecular weight excluding hydrogens is 460 g/mol. The average molecular weight is 483 g/mol. The summed E-state index contributed by atoms with van der Waals surface area (Å²) in [5.74, 6) is 1.11. The molecule has 1 saturated carbocycles. The second-order valence-electron chi connectivity index (χ2n) is 8.14. The van der Waals surface area contributed by atoms with E-state index in [4.69, 9.17) is 25.8 Å². The highest BCUT2D eigenvalue weighted by atomic mass is 35.5. The molecule has 1 saturated heterocycles. The quantitative estimate of drug-likeness (QED) is 0.416. The molecule has 2 heterocycles. The highest BCUT2D eigenvalue weighted by Gasteiger charge is 2.25. The zero-order chi connectivity index (χ0) is 23.7. The van der Waals surface area contributed by atoms with Gasteiger partial charge in [-0.05, 0) is 37.1 Å². The summed E-state index contributed by atoms with van der Waals surface area (Å²) < 4.78 is 17.1. The molecule has 1 aliphatic heterocycles. The van der Waals surface area contributed by atoms with E-state index >= 15 is 0 Å². The molecule has 0 unspecified atom stereocenters. The van der Waals surface area contributed by atoms with Gasteiger partial charge in [0, 0.05) is 36.8 Å². The number of benzene rings is 2. The predicted octanol–water partition coefficient (Wildman–Crippen LogP) is 4.10. The molecule has 0 bridgehead atoms. The maximum atomic E-state index is 12.5. The van der Waals surface area contributed by atoms with E-state index in [1.165, 1.54) is 0 Å². The number of fused-ring (bicyclic) bond motifs is 1. The summed E-state index contributed by atoms with van der Waals surface area (Å²) in [4.78, 5) is 28.9. The molecule has 3 N–H and O–H groups in total. The Labute approximate surface area is 200 Å². The number of urea groups is 1. The number of carbonyl (C=O) groups is 2. The number of pyridine rings is 1. The van der Waals surface area contributed by atoms with Gasteiger partial charge in [-0.25, -0.2) is 4.79 Å². The van der Waals surface area contributed by atoms with Crippen molar-refractivity contribution < 1.29 is 23.8 Å². The topological polar surface area (TPSA) is 114 Å². The van der Waals surface area contributed by atoms with E-state index in [0.717, 1.165) is 12.8 Å². The van der Waals surface area contributed by atoms with Crippen LogP contribution in [-0.4, -0.2) is 49.3 Å². The van der Waals surface area contributed by atoms with Crippen LogP contribution < -0.4 is 25.4 Å². The van der Waals surface area contributed by atoms with E-state index in [1.54, 1.807) is 49.6 Å². The van der Waals surface area contributed by atoms with Crippen LogP contribution in [0.2, 0.25) is 5.02 Å². The molecule has 1 aromatic heterocycles. The average Bonchev–Trinajstić information content (AvgIpc) is 3.75. The van der Waals surface area contributed by atoms with Gasteiger partial charge in [-0.1, -0.05) is 11.6 Å². The first-order chi connectivity index (χ1) is 16.5. The number of hydrogen-bond acceptors (Lipinski definition) is 6. The van der Waals surface area contributed by atoms with Crippen molar-refractivity contribution in [1.29, 1.82) is 0 Å². The number of ether oxygens (including phenoxy) is 3. The zero-order valence-corrected chi connectivity index (χ0v) is 19.1. The molecule has 2 aliphatic rings. The minimum atomic E-state index is -0.286. The number of halogens is 1. The Kier molecular flexibility index (Phi) is 6.12. The minimum absolute atomic E-state index is 0.0536. The van der Waals surface area contributed by atoms with Crippen LogP contribution in [0.1, 0.15) is 23.2 Å². The van der Waals surface area contributed by atoms with Crippen LogP contribution >= 0.6 is 11.6 Å². The van der Waals surface area contributed by atoms with Crippen LogP contribution in [-0.2, 0) is 4.74 Å². The van der Waals surface area contributed by atoms with Crippen LogP contribution in [0.25, 0.3) is 10.9 Å². The van der Waals surface area contributed by atoms with Crippen molar-refractivity contribution in [3.05, 3.63) is 53.2 Å². The van der Waals surface area contributed by atoms with Gasteiger partial charge in [0.1, 0.15) is 30.0 Å². The molecule has 0 spiro atoms. The number of aromatic nitrogens is 1. The van der Waals surface area contributed by atoms with Crippen LogP contribution in [0.15, 0.2) is 42.6 Å². The molecule has 1 aliphatic carbocycles. The van der Waals surface area contributed by atoms with E-state index < -0.39 is 0 Å². The largest absolute Gasteiger partial charge is 0.490 e. The Balaban J connectivity index is 1.39. The number of nitrogens with zero attached hydrogens (tertiary/aromatic N) is 1. The molecule has 1 atom stereocenters. The number of nitrogens with one attached hydrogen (secondary N) is 3. The smallest absolute Gasteiger partial charge is 0.319 e. The number of carbonyl (C=O) groups excluding carboxylic acids is 2. The standard InChI is InChI=1S/C24H23ClN4O5/c1-26-23(30)17-9-16-20(10-22(17)33-12-15-11-32-15)27-7-6-21(16)34-14-4-5-19(18(25)8-14)29-24(31)28-13-2-3-13/h4-10,13,15H,2-3,11-12H2,1H3,(H,26,30)(H2,28,29,31)/t15-/m1/s1. The molecular formula is C24H23ClN4O5. The SMILES string of the molecule is CNC(=O)c1cc2c(Oc3ccc(NC(=O)NC4CC4)c(Cl)c3)ccnc2cc1OC[C@H]1CO1. The lowest BCUT2D eigenvalue weighted by molar-refractivity contribution is 0.0958. The van der Waals surface area contributed by atoms with E-state index in [9.17, 15) is 9.59 Å². The number of anilines is 1. The molecule has 5 rings (SSSR count). The van der Waals surface area contributed by atoms with Crippen LogP contribution in [0.4, 0.5) is 10.5 Å². The third-order valence-corrected chi connectivity index (χ3v) is 5.74. The molecule has 3 aromatic rings. The van der Waals surface area contributed by atoms with Crippen molar-refractivity contribution >= 4 is 40.1 Å². The Bertz CT molecular complexity index is 1260. The number of amides is 3. The monoisotopic (exact) mass is 482 g/mol. The number of hydrogen-bond donors (Lipinski definition) is 3. The Morgan fingerprint density at radius 3 is 2.71 bits per heavy atom. The zero-order valence-electron chi connectivity index (χ0n) is 18.4. The van der Waals surface area contributed by atoms with Crippen molar-refractivity contribution in [2.24, 2.45) is 0 Å². The van der Waals surface area contributed by atoms with Crippen molar-refractivity contribution in [3.63, 3.8) is 0 Å². The van der Waals surface area contributed by atoms with Gasteiger partial charge in [0.2, 0.25) is 0 Å². The molecule has 9 nitrogen and oxygen atoms in total. The van der Waals surface area contributed by atoms with Crippen LogP contribution in [0.3, 0.4) is 0 Å². The highest BCUT2D eigenvalue weighted by molar-refractivity contribution is 6.33. The summed E-state index contributed by atoms with van der Waals surface area (Å²) in [7, 11) is 1.56. The number of rotatable bonds is 8. The maximum absolute atomic E-state index is 12.5. The normalized spacial score (nSPS) is 16.6. The van der Waals surface area contributed by atoms with Crippen molar-refractivity contribution in [2.75, 3.05) is 25.6 Å². The summed E-state index contributed by atoms with van der Waals surface area (Å²) >= 11 is 6.37. The Morgan fingerprint density at radius 2 is 2.00 bits per heavy atom. The van der Waals surface area contributed by atoms with Gasteiger partial charge in [-0.3, -0.25) is 9.78 Å². The first kappa shape index (κ1) is 22.2. The van der Waals surface area contributed by atoms with Gasteiger partial charge >= 0.3 is 6.03 Å². The van der Waals surface area contributed by atoms with Gasteiger partial charge in [0.15, 0.2) is 0 Å². The summed E-state index contributed by atoms with van der Waals surface area (Å²) in [6, 6.07) is 10.1. The maximum Gasteiger partial charge on any atom is 0.319 e. The minimum Gasteiger partial charge on any atom is -0.490 e. The third-order valence-electron chi connectivity index (χ3n) is 5.43. The highest BCUT2D eigenvalue weighted by Crippen LogP contribution is 2.35. The van der Waals surface area contributed by atoms with Gasteiger partial charge in [-0.2, -0.15) is 0 Å². The summed E-state index contributed by atoms with van der Waals surface area (Å²) in [5.41, 5.74) is 1.46. The van der Waals surface area contributed by atoms with Gasteiger partial charge in [0.05, 0.1) is 28.4 Å². The summed E-state index contributed by atoms with van der Waals surface area (Å²) in [6.07, 6.45) is 3.67. The van der Waals surface area contributed by atoms with E-state index in [0.29, 0.717) is 57.6 Å². The fourth-order valence-electron chi connectivity index (χ4n) is 3.37. The fourth-order valence-corrected chi connectivity index (χ4v) is 3.59. The predicted molar refractivity (Wildman–Crippen MR) is 127 cm³/mol. The Morgan fingerprint density at radius 1 is 1.18 bits per heavy atom. The second kappa shape index (κ2) is 9.36. The van der Waals surface area contributed by atoms with Gasteiger partial charge < -0.3 is 30.2 Å². The van der Waals surface area contributed by atoms with Gasteiger partial charge in [-0.15, -0.1) is 0 Å². The van der Waals surface area contributed by atoms with Crippen molar-refractivity contribution in [3.8, 4) is 17.2 Å². The molecule has 176 valence electrons. The molecule has 2 fully saturated rings. The third kappa shape index (κ3) is 5.16. The summed E-state index contributed by atoms with van der Waals surface area (Å²) in [6.45, 7) is 1.02. The van der Waals surface area contributed by atoms with E-state index in [1.807, 2.05) is 0 Å². The van der Waals surface area contributed by atoms with Crippen molar-refractivity contribution in [1.82, 2.24) is 15.6 Å². The lowest BCUT2D eigenvalue weighted by atomic mass is 10.1. The van der Waals surface area contributed by atoms with E-state index in [2.05, 4.69) is 20.9 Å². The summed E-state index contributed by atoms with van der Waals surface area (Å²) in [5, 5.41) is 9.21.